The minimum absolute atomic E-state index is 0.0359. The molecule has 124 valence electrons. The van der Waals surface area contributed by atoms with Crippen molar-refractivity contribution < 1.29 is 19.8 Å². The topological polar surface area (TPSA) is 98.7 Å². The first kappa shape index (κ1) is 17.1. The third kappa shape index (κ3) is 4.88. The van der Waals surface area contributed by atoms with Crippen LogP contribution in [-0.2, 0) is 22.6 Å². The van der Waals surface area contributed by atoms with E-state index < -0.39 is 0 Å². The first-order valence-corrected chi connectivity index (χ1v) is 7.28. The molecule has 0 radical (unpaired) electrons. The Balaban J connectivity index is 1.87. The van der Waals surface area contributed by atoms with E-state index in [0.29, 0.717) is 11.3 Å². The summed E-state index contributed by atoms with van der Waals surface area (Å²) in [5.41, 5.74) is 1.93. The summed E-state index contributed by atoms with van der Waals surface area (Å²) in [6.45, 7) is 3.54. The Kier molecular flexibility index (Phi) is 5.57. The van der Waals surface area contributed by atoms with Crippen molar-refractivity contribution in [2.24, 2.45) is 0 Å². The Morgan fingerprint density at radius 2 is 1.79 bits per heavy atom. The Morgan fingerprint density at radius 3 is 2.42 bits per heavy atom. The molecule has 0 aliphatic heterocycles. The molecular formula is C18H18N2O4. The van der Waals surface area contributed by atoms with Gasteiger partial charge in [-0.15, -0.1) is 0 Å². The number of anilines is 1. The standard InChI is InChI=1S/C18H18N2O4/c1-2-17(23)20-14-6-3-12(4-7-14)9-18(24)19-11-13-5-8-15(21)10-16(13)22/h2-8,10,21-22H,1,9,11H2,(H,19,24)(H,20,23). The van der Waals surface area contributed by atoms with Gasteiger partial charge in [0, 0.05) is 23.9 Å². The minimum Gasteiger partial charge on any atom is -0.508 e. The minimum atomic E-state index is -0.297. The molecule has 6 nitrogen and oxygen atoms in total. The Labute approximate surface area is 139 Å². The van der Waals surface area contributed by atoms with E-state index in [4.69, 9.17) is 0 Å². The van der Waals surface area contributed by atoms with Crippen LogP contribution in [0.15, 0.2) is 55.1 Å². The fraction of sp³-hybridized carbons (Fsp3) is 0.111. The van der Waals surface area contributed by atoms with Gasteiger partial charge in [0.1, 0.15) is 11.5 Å². The average Bonchev–Trinajstić information content (AvgIpc) is 2.55. The molecule has 0 spiro atoms. The van der Waals surface area contributed by atoms with Crippen LogP contribution >= 0.6 is 0 Å². The second kappa shape index (κ2) is 7.82. The number of amides is 2. The lowest BCUT2D eigenvalue weighted by atomic mass is 10.1. The van der Waals surface area contributed by atoms with Gasteiger partial charge in [0.25, 0.3) is 0 Å². The molecular weight excluding hydrogens is 308 g/mol. The summed E-state index contributed by atoms with van der Waals surface area (Å²) in [6, 6.07) is 11.1. The SMILES string of the molecule is C=CC(=O)Nc1ccc(CC(=O)NCc2ccc(O)cc2O)cc1. The van der Waals surface area contributed by atoms with Gasteiger partial charge < -0.3 is 20.8 Å². The number of aromatic hydroxyl groups is 2. The number of carbonyl (C=O) groups is 2. The van der Waals surface area contributed by atoms with Crippen molar-refractivity contribution in [2.75, 3.05) is 5.32 Å². The maximum absolute atomic E-state index is 11.9. The second-order valence-electron chi connectivity index (χ2n) is 5.16. The average molecular weight is 326 g/mol. The molecule has 0 fully saturated rings. The van der Waals surface area contributed by atoms with Gasteiger partial charge in [-0.05, 0) is 35.9 Å². The number of hydrogen-bond donors (Lipinski definition) is 4. The summed E-state index contributed by atoms with van der Waals surface area (Å²) >= 11 is 0. The van der Waals surface area contributed by atoms with E-state index in [1.807, 2.05) is 0 Å². The summed E-state index contributed by atoms with van der Waals surface area (Å²) in [5.74, 6) is -0.608. The van der Waals surface area contributed by atoms with Crippen LogP contribution in [0.5, 0.6) is 11.5 Å². The molecule has 4 N–H and O–H groups in total. The van der Waals surface area contributed by atoms with Crippen LogP contribution in [0, 0.1) is 0 Å². The molecule has 2 amide bonds. The Bertz CT molecular complexity index is 754. The Morgan fingerprint density at radius 1 is 1.08 bits per heavy atom. The lowest BCUT2D eigenvalue weighted by molar-refractivity contribution is -0.120. The summed E-state index contributed by atoms with van der Waals surface area (Å²) in [7, 11) is 0. The second-order valence-corrected chi connectivity index (χ2v) is 5.16. The third-order valence-electron chi connectivity index (χ3n) is 3.32. The number of benzene rings is 2. The number of hydrogen-bond acceptors (Lipinski definition) is 4. The van der Waals surface area contributed by atoms with Gasteiger partial charge in [0.05, 0.1) is 6.42 Å². The molecule has 24 heavy (non-hydrogen) atoms. The van der Waals surface area contributed by atoms with Crippen molar-refractivity contribution in [3.63, 3.8) is 0 Å². The molecule has 0 bridgehead atoms. The number of phenols is 2. The highest BCUT2D eigenvalue weighted by Crippen LogP contribution is 2.22. The molecule has 0 heterocycles. The molecule has 0 saturated heterocycles. The molecule has 2 aromatic rings. The zero-order valence-corrected chi connectivity index (χ0v) is 13.0. The van der Waals surface area contributed by atoms with Crippen molar-refractivity contribution in [1.29, 1.82) is 0 Å². The molecule has 0 aliphatic rings. The summed E-state index contributed by atoms with van der Waals surface area (Å²) < 4.78 is 0. The molecule has 0 aliphatic carbocycles. The number of rotatable bonds is 6. The van der Waals surface area contributed by atoms with Crippen molar-refractivity contribution in [2.45, 2.75) is 13.0 Å². The van der Waals surface area contributed by atoms with E-state index in [2.05, 4.69) is 17.2 Å². The number of phenolic OH excluding ortho intramolecular Hbond substituents is 2. The van der Waals surface area contributed by atoms with Crippen molar-refractivity contribution in [1.82, 2.24) is 5.32 Å². The van der Waals surface area contributed by atoms with Gasteiger partial charge in [0.2, 0.25) is 11.8 Å². The van der Waals surface area contributed by atoms with E-state index in [0.717, 1.165) is 5.56 Å². The van der Waals surface area contributed by atoms with Gasteiger partial charge in [-0.1, -0.05) is 18.7 Å². The van der Waals surface area contributed by atoms with E-state index in [1.54, 1.807) is 30.3 Å². The first-order valence-electron chi connectivity index (χ1n) is 7.28. The zero-order valence-electron chi connectivity index (χ0n) is 13.0. The first-order chi connectivity index (χ1) is 11.5. The van der Waals surface area contributed by atoms with Crippen LogP contribution in [0.1, 0.15) is 11.1 Å². The fourth-order valence-corrected chi connectivity index (χ4v) is 2.04. The third-order valence-corrected chi connectivity index (χ3v) is 3.32. The van der Waals surface area contributed by atoms with Crippen LogP contribution < -0.4 is 10.6 Å². The van der Waals surface area contributed by atoms with Gasteiger partial charge in [-0.3, -0.25) is 9.59 Å². The molecule has 2 rings (SSSR count). The molecule has 0 saturated carbocycles. The summed E-state index contributed by atoms with van der Waals surface area (Å²) in [6.07, 6.45) is 1.36. The summed E-state index contributed by atoms with van der Waals surface area (Å²) in [5, 5.41) is 24.2. The van der Waals surface area contributed by atoms with E-state index in [9.17, 15) is 19.8 Å². The van der Waals surface area contributed by atoms with Gasteiger partial charge in [0.15, 0.2) is 0 Å². The number of carbonyl (C=O) groups excluding carboxylic acids is 2. The monoisotopic (exact) mass is 326 g/mol. The molecule has 0 unspecified atom stereocenters. The van der Waals surface area contributed by atoms with Crippen LogP contribution in [0.2, 0.25) is 0 Å². The van der Waals surface area contributed by atoms with Gasteiger partial charge in [-0.2, -0.15) is 0 Å². The maximum Gasteiger partial charge on any atom is 0.247 e. The molecule has 6 heteroatoms. The van der Waals surface area contributed by atoms with Gasteiger partial charge in [-0.25, -0.2) is 0 Å². The predicted octanol–water partition coefficient (Wildman–Crippen LogP) is 2.08. The highest BCUT2D eigenvalue weighted by atomic mass is 16.3. The smallest absolute Gasteiger partial charge is 0.247 e. The summed E-state index contributed by atoms with van der Waals surface area (Å²) in [4.78, 5) is 23.1. The highest BCUT2D eigenvalue weighted by Gasteiger charge is 2.07. The van der Waals surface area contributed by atoms with Crippen LogP contribution in [0.3, 0.4) is 0 Å². The highest BCUT2D eigenvalue weighted by molar-refractivity contribution is 5.98. The maximum atomic E-state index is 11.9. The molecule has 0 aromatic heterocycles. The van der Waals surface area contributed by atoms with Crippen molar-refractivity contribution in [3.05, 3.63) is 66.2 Å². The quantitative estimate of drug-likeness (QED) is 0.611. The Hall–Kier alpha value is -3.28. The van der Waals surface area contributed by atoms with Crippen LogP contribution in [0.4, 0.5) is 5.69 Å². The van der Waals surface area contributed by atoms with E-state index >= 15 is 0 Å². The van der Waals surface area contributed by atoms with E-state index in [-0.39, 0.29) is 36.3 Å². The van der Waals surface area contributed by atoms with E-state index in [1.165, 1.54) is 18.2 Å². The largest absolute Gasteiger partial charge is 0.508 e. The zero-order chi connectivity index (χ0) is 17.5. The van der Waals surface area contributed by atoms with Crippen LogP contribution in [-0.4, -0.2) is 22.0 Å². The molecule has 0 atom stereocenters. The van der Waals surface area contributed by atoms with Crippen LogP contribution in [0.25, 0.3) is 0 Å². The lowest BCUT2D eigenvalue weighted by Gasteiger charge is -2.08. The van der Waals surface area contributed by atoms with Crippen molar-refractivity contribution >= 4 is 17.5 Å². The molecule has 2 aromatic carbocycles. The normalized spacial score (nSPS) is 10.0. The lowest BCUT2D eigenvalue weighted by Crippen LogP contribution is -2.24. The fourth-order valence-electron chi connectivity index (χ4n) is 2.04. The van der Waals surface area contributed by atoms with Gasteiger partial charge >= 0.3 is 0 Å². The van der Waals surface area contributed by atoms with Crippen molar-refractivity contribution in [3.8, 4) is 11.5 Å². The predicted molar refractivity (Wildman–Crippen MR) is 90.6 cm³/mol. The number of nitrogens with one attached hydrogen (secondary N) is 2.